The number of aliphatic hydroxyl groups is 1. The molecule has 0 bridgehead atoms. The summed E-state index contributed by atoms with van der Waals surface area (Å²) in [5.41, 5.74) is 1.73. The molecule has 2 heterocycles. The third-order valence-corrected chi connectivity index (χ3v) is 6.84. The molecule has 3 amide bonds. The van der Waals surface area contributed by atoms with E-state index in [-0.39, 0.29) is 24.3 Å². The summed E-state index contributed by atoms with van der Waals surface area (Å²) in [4.78, 5) is 44.1. The number of benzene rings is 2. The summed E-state index contributed by atoms with van der Waals surface area (Å²) in [6, 6.07) is 13.7. The van der Waals surface area contributed by atoms with Crippen molar-refractivity contribution in [3.63, 3.8) is 0 Å². The summed E-state index contributed by atoms with van der Waals surface area (Å²) in [5, 5.41) is 26.3. The lowest BCUT2D eigenvalue weighted by Crippen LogP contribution is -2.55. The molecule has 1 aliphatic rings. The number of pyridine rings is 1. The van der Waals surface area contributed by atoms with Crippen LogP contribution in [0.25, 0.3) is 0 Å². The van der Waals surface area contributed by atoms with Crippen LogP contribution in [0.15, 0.2) is 73.1 Å². The Morgan fingerprint density at radius 1 is 1.07 bits per heavy atom. The molecule has 4 rings (SSSR count). The van der Waals surface area contributed by atoms with Gasteiger partial charge in [-0.25, -0.2) is 8.78 Å². The van der Waals surface area contributed by atoms with Gasteiger partial charge in [0.15, 0.2) is 6.10 Å². The average Bonchev–Trinajstić information content (AvgIpc) is 3.28. The van der Waals surface area contributed by atoms with Crippen LogP contribution in [0, 0.1) is 6.92 Å². The maximum Gasteiger partial charge on any atom is 0.267 e. The number of hydrogen-bond acceptors (Lipinski definition) is 6. The number of phenols is 1. The number of nitrogens with zero attached hydrogens (tertiary/aromatic N) is 2. The Balaban J connectivity index is 1.55. The van der Waals surface area contributed by atoms with Gasteiger partial charge in [-0.3, -0.25) is 19.4 Å². The maximum absolute atomic E-state index is 14.5. The van der Waals surface area contributed by atoms with Gasteiger partial charge in [0.1, 0.15) is 11.8 Å². The molecular formula is C29H30F2N4O5. The average molecular weight is 553 g/mol. The Morgan fingerprint density at radius 3 is 2.50 bits per heavy atom. The lowest BCUT2D eigenvalue weighted by Gasteiger charge is -2.30. The van der Waals surface area contributed by atoms with E-state index in [1.165, 1.54) is 24.4 Å². The zero-order valence-electron chi connectivity index (χ0n) is 21.8. The topological polar surface area (TPSA) is 132 Å². The van der Waals surface area contributed by atoms with E-state index in [1.807, 2.05) is 0 Å². The van der Waals surface area contributed by atoms with Crippen molar-refractivity contribution in [2.45, 2.75) is 50.4 Å². The highest BCUT2D eigenvalue weighted by Crippen LogP contribution is 2.33. The highest BCUT2D eigenvalue weighted by Gasteiger charge is 2.51. The minimum atomic E-state index is -3.34. The molecule has 2 aromatic carbocycles. The fraction of sp³-hybridized carbons (Fsp3) is 0.310. The van der Waals surface area contributed by atoms with Gasteiger partial charge in [0.25, 0.3) is 17.7 Å². The summed E-state index contributed by atoms with van der Waals surface area (Å²) in [6.45, 7) is 0.514. The number of halogens is 2. The van der Waals surface area contributed by atoms with E-state index in [4.69, 9.17) is 0 Å². The predicted octanol–water partition coefficient (Wildman–Crippen LogP) is 2.35. The number of carbonyl (C=O) groups excluding carboxylic acids is 3. The van der Waals surface area contributed by atoms with E-state index in [0.29, 0.717) is 21.6 Å². The first-order valence-electron chi connectivity index (χ1n) is 12.7. The van der Waals surface area contributed by atoms with Crippen molar-refractivity contribution in [3.05, 3.63) is 95.3 Å². The van der Waals surface area contributed by atoms with Gasteiger partial charge in [-0.15, -0.1) is 0 Å². The third kappa shape index (κ3) is 6.78. The first-order chi connectivity index (χ1) is 19.1. The molecule has 1 aliphatic heterocycles. The van der Waals surface area contributed by atoms with Gasteiger partial charge in [0, 0.05) is 36.5 Å². The molecule has 0 spiro atoms. The van der Waals surface area contributed by atoms with Crippen LogP contribution in [0.4, 0.5) is 8.78 Å². The molecule has 9 nitrogen and oxygen atoms in total. The molecule has 4 N–H and O–H groups in total. The smallest absolute Gasteiger partial charge is 0.267 e. The van der Waals surface area contributed by atoms with Crippen molar-refractivity contribution in [1.82, 2.24) is 20.5 Å². The third-order valence-electron chi connectivity index (χ3n) is 6.84. The van der Waals surface area contributed by atoms with Gasteiger partial charge >= 0.3 is 0 Å². The number of phenolic OH excluding ortho intramolecular Hbond substituents is 1. The molecule has 0 aliphatic carbocycles. The summed E-state index contributed by atoms with van der Waals surface area (Å²) in [7, 11) is 0. The van der Waals surface area contributed by atoms with Crippen molar-refractivity contribution < 1.29 is 33.4 Å². The van der Waals surface area contributed by atoms with Gasteiger partial charge in [0.05, 0.1) is 12.6 Å². The Kier molecular flexibility index (Phi) is 8.73. The Labute approximate surface area is 229 Å². The quantitative estimate of drug-likeness (QED) is 0.322. The fourth-order valence-electron chi connectivity index (χ4n) is 4.66. The van der Waals surface area contributed by atoms with E-state index in [1.54, 1.807) is 55.6 Å². The first kappa shape index (κ1) is 28.6. The summed E-state index contributed by atoms with van der Waals surface area (Å²) in [5.74, 6) is -6.02. The molecule has 40 heavy (non-hydrogen) atoms. The largest absolute Gasteiger partial charge is 0.508 e. The first-order valence-corrected chi connectivity index (χ1v) is 12.7. The molecule has 1 fully saturated rings. The minimum Gasteiger partial charge on any atom is -0.508 e. The van der Waals surface area contributed by atoms with Crippen molar-refractivity contribution in [2.75, 3.05) is 6.54 Å². The molecule has 1 saturated heterocycles. The zero-order chi connectivity index (χ0) is 28.9. The fourth-order valence-corrected chi connectivity index (χ4v) is 4.66. The summed E-state index contributed by atoms with van der Waals surface area (Å²) in [6.07, 6.45) is 0.227. The molecular weight excluding hydrogens is 522 g/mol. The van der Waals surface area contributed by atoms with Crippen LogP contribution < -0.4 is 10.6 Å². The molecule has 0 radical (unpaired) electrons. The Hall–Kier alpha value is -4.38. The number of nitrogens with one attached hydrogen (secondary N) is 2. The lowest BCUT2D eigenvalue weighted by molar-refractivity contribution is -0.147. The van der Waals surface area contributed by atoms with Gasteiger partial charge < -0.3 is 25.7 Å². The van der Waals surface area contributed by atoms with E-state index < -0.39 is 54.8 Å². The number of aromatic nitrogens is 1. The van der Waals surface area contributed by atoms with Crippen LogP contribution in [0.2, 0.25) is 0 Å². The van der Waals surface area contributed by atoms with Gasteiger partial charge in [0.2, 0.25) is 5.91 Å². The van der Waals surface area contributed by atoms with Crippen LogP contribution in [-0.2, 0) is 22.6 Å². The molecule has 0 saturated carbocycles. The highest BCUT2D eigenvalue weighted by atomic mass is 19.3. The number of carbonyl (C=O) groups is 3. The van der Waals surface area contributed by atoms with Crippen LogP contribution in [0.5, 0.6) is 5.75 Å². The van der Waals surface area contributed by atoms with Gasteiger partial charge in [-0.05, 0) is 42.7 Å². The van der Waals surface area contributed by atoms with E-state index in [9.17, 15) is 33.4 Å². The number of hydrogen-bond donors (Lipinski definition) is 4. The lowest BCUT2D eigenvalue weighted by atomic mass is 9.98. The second-order valence-electron chi connectivity index (χ2n) is 9.79. The van der Waals surface area contributed by atoms with Crippen LogP contribution >= 0.6 is 0 Å². The predicted molar refractivity (Wildman–Crippen MR) is 141 cm³/mol. The molecule has 0 unspecified atom stereocenters. The number of likely N-dealkylation sites (tertiary alicyclic amines) is 1. The molecule has 210 valence electrons. The van der Waals surface area contributed by atoms with E-state index in [0.717, 1.165) is 0 Å². The maximum atomic E-state index is 14.5. The van der Waals surface area contributed by atoms with Gasteiger partial charge in [-0.2, -0.15) is 0 Å². The number of aromatic hydroxyl groups is 1. The highest BCUT2D eigenvalue weighted by molar-refractivity contribution is 5.97. The van der Waals surface area contributed by atoms with Crippen molar-refractivity contribution >= 4 is 17.7 Å². The Bertz CT molecular complexity index is 1360. The Morgan fingerprint density at radius 2 is 1.80 bits per heavy atom. The molecule has 1 aromatic heterocycles. The van der Waals surface area contributed by atoms with Gasteiger partial charge in [-0.1, -0.05) is 42.5 Å². The van der Waals surface area contributed by atoms with E-state index >= 15 is 0 Å². The summed E-state index contributed by atoms with van der Waals surface area (Å²) < 4.78 is 29.0. The second kappa shape index (κ2) is 12.2. The van der Waals surface area contributed by atoms with Crippen LogP contribution in [0.3, 0.4) is 0 Å². The number of rotatable bonds is 9. The summed E-state index contributed by atoms with van der Waals surface area (Å²) >= 11 is 0. The minimum absolute atomic E-state index is 0.000543. The normalized spacial score (nSPS) is 17.6. The van der Waals surface area contributed by atoms with Crippen molar-refractivity contribution in [2.24, 2.45) is 0 Å². The van der Waals surface area contributed by atoms with Crippen molar-refractivity contribution in [1.29, 1.82) is 0 Å². The molecule has 3 atom stereocenters. The monoisotopic (exact) mass is 552 g/mol. The standard InChI is InChI=1S/C29H30F2N4O5/c1-18-21(10-5-11-24(18)36)26(38)34-22(13-19-7-3-2-4-8-19)25(37)28(40)35-17-29(30,31)14-23(35)27(39)33-16-20-9-6-12-32-15-20/h2-12,15,22-23,25,36-37H,13-14,16-17H2,1H3,(H,33,39)(H,34,38)/t22-,23-,25-/m0/s1. The SMILES string of the molecule is Cc1c(O)cccc1C(=O)N[C@@H](Cc1ccccc1)[C@H](O)C(=O)N1CC(F)(F)C[C@H]1C(=O)NCc1cccnc1. The zero-order valence-corrected chi connectivity index (χ0v) is 21.8. The van der Waals surface area contributed by atoms with Crippen LogP contribution in [-0.4, -0.2) is 68.5 Å². The molecule has 11 heteroatoms. The second-order valence-corrected chi connectivity index (χ2v) is 9.79. The number of amides is 3. The van der Waals surface area contributed by atoms with Crippen LogP contribution in [0.1, 0.15) is 33.5 Å². The van der Waals surface area contributed by atoms with Crippen molar-refractivity contribution in [3.8, 4) is 5.75 Å². The number of alkyl halides is 2. The molecule has 3 aromatic rings. The van der Waals surface area contributed by atoms with E-state index in [2.05, 4.69) is 15.6 Å². The number of aliphatic hydroxyl groups excluding tert-OH is 1.